The van der Waals surface area contributed by atoms with Gasteiger partial charge in [-0.15, -0.1) is 0 Å². The monoisotopic (exact) mass is 580 g/mol. The number of allylic oxidation sites excluding steroid dienone is 3. The number of aliphatic hydroxyl groups excluding tert-OH is 2. The van der Waals surface area contributed by atoms with E-state index in [1.54, 1.807) is 0 Å². The number of epoxide rings is 1. The maximum atomic E-state index is 10.3. The van der Waals surface area contributed by atoms with Gasteiger partial charge in [-0.2, -0.15) is 0 Å². The van der Waals surface area contributed by atoms with E-state index in [0.29, 0.717) is 35.7 Å². The minimum absolute atomic E-state index is 0.195. The maximum Gasteiger partial charge on any atom is 0.192 e. The summed E-state index contributed by atoms with van der Waals surface area (Å²) in [4.78, 5) is 0. The molecule has 9 atom stereocenters. The number of aliphatic hydroxyl groups is 2. The van der Waals surface area contributed by atoms with E-state index in [1.807, 2.05) is 6.92 Å². The summed E-state index contributed by atoms with van der Waals surface area (Å²) in [7, 11) is -1.82. The van der Waals surface area contributed by atoms with Crippen molar-refractivity contribution in [1.82, 2.24) is 0 Å². The van der Waals surface area contributed by atoms with Crippen LogP contribution in [0.15, 0.2) is 54.1 Å². The molecule has 2 N–H and O–H groups in total. The van der Waals surface area contributed by atoms with Crippen LogP contribution in [0.25, 0.3) is 0 Å². The highest BCUT2D eigenvalue weighted by molar-refractivity contribution is 6.74. The summed E-state index contributed by atoms with van der Waals surface area (Å²) in [5, 5.41) is 20.6. The Morgan fingerprint density at radius 3 is 2.54 bits per heavy atom. The summed E-state index contributed by atoms with van der Waals surface area (Å²) in [5.74, 6) is 2.50. The fourth-order valence-electron chi connectivity index (χ4n) is 8.66. The van der Waals surface area contributed by atoms with Crippen molar-refractivity contribution < 1.29 is 19.4 Å². The van der Waals surface area contributed by atoms with Crippen molar-refractivity contribution in [3.05, 3.63) is 59.7 Å². The Bertz CT molecular complexity index is 1110. The highest BCUT2D eigenvalue weighted by Gasteiger charge is 2.79. The Morgan fingerprint density at radius 2 is 1.88 bits per heavy atom. The van der Waals surface area contributed by atoms with Gasteiger partial charge < -0.3 is 19.4 Å². The molecule has 3 fully saturated rings. The zero-order valence-electron chi connectivity index (χ0n) is 26.7. The van der Waals surface area contributed by atoms with Crippen molar-refractivity contribution in [3.8, 4) is 0 Å². The van der Waals surface area contributed by atoms with E-state index in [4.69, 9.17) is 9.16 Å². The first-order valence-electron chi connectivity index (χ1n) is 16.5. The van der Waals surface area contributed by atoms with Gasteiger partial charge in [0.05, 0.1) is 6.10 Å². The summed E-state index contributed by atoms with van der Waals surface area (Å²) in [6.07, 6.45) is 15.2. The number of fused-ring (bicyclic) bond motifs is 3. The van der Waals surface area contributed by atoms with Crippen LogP contribution in [0, 0.1) is 29.6 Å². The molecule has 0 aromatic heterocycles. The molecule has 1 heterocycles. The van der Waals surface area contributed by atoms with Crippen LogP contribution in [0.5, 0.6) is 0 Å². The second kappa shape index (κ2) is 11.7. The minimum Gasteiger partial charge on any atom is -0.414 e. The molecule has 1 saturated heterocycles. The van der Waals surface area contributed by atoms with Crippen molar-refractivity contribution in [2.75, 3.05) is 6.61 Å². The smallest absolute Gasteiger partial charge is 0.192 e. The van der Waals surface area contributed by atoms with E-state index in [1.165, 1.54) is 11.1 Å². The summed E-state index contributed by atoms with van der Waals surface area (Å²) in [6.45, 7) is 16.3. The zero-order chi connectivity index (χ0) is 29.6. The molecule has 5 rings (SSSR count). The van der Waals surface area contributed by atoms with E-state index >= 15 is 0 Å². The third-order valence-corrected chi connectivity index (χ3v) is 16.4. The molecule has 41 heavy (non-hydrogen) atoms. The topological polar surface area (TPSA) is 62.2 Å². The fourth-order valence-corrected chi connectivity index (χ4v) is 10.0. The van der Waals surface area contributed by atoms with Gasteiger partial charge in [0.15, 0.2) is 8.32 Å². The van der Waals surface area contributed by atoms with Crippen LogP contribution in [0.2, 0.25) is 18.1 Å². The standard InChI is InChI=1S/C36H56O4Si/c1-8-28(38)17-13-12-14-25(2)36(27-15-10-9-11-16-27)35(40-36)24-32-30(33(35)20-21-37)19-18-26-22-29(23-31(26)32)39-41(6,7)34(3,4)5/h9-11,14-16,18-19,26,28-33,37-38H,8,12-13,17,20-24H2,1-7H3/b25-14+/t26-,28+,29-,30-,31-,32-,33+,35+,36+/m1/s1. The first-order valence-corrected chi connectivity index (χ1v) is 19.4. The molecule has 0 radical (unpaired) electrons. The lowest BCUT2D eigenvalue weighted by molar-refractivity contribution is 0.158. The predicted octanol–water partition coefficient (Wildman–Crippen LogP) is 8.16. The molecular formula is C36H56O4Si. The molecule has 4 nitrogen and oxygen atoms in total. The third-order valence-electron chi connectivity index (χ3n) is 11.8. The maximum absolute atomic E-state index is 10.3. The number of rotatable bonds is 11. The molecular weight excluding hydrogens is 524 g/mol. The van der Waals surface area contributed by atoms with Crippen molar-refractivity contribution in [1.29, 1.82) is 0 Å². The second-order valence-corrected chi connectivity index (χ2v) is 19.9. The molecule has 1 aromatic rings. The number of ether oxygens (including phenoxy) is 1. The van der Waals surface area contributed by atoms with Crippen molar-refractivity contribution in [2.45, 2.75) is 128 Å². The quantitative estimate of drug-likeness (QED) is 0.120. The molecule has 3 aliphatic carbocycles. The van der Waals surface area contributed by atoms with E-state index in [-0.39, 0.29) is 23.4 Å². The highest BCUT2D eigenvalue weighted by atomic mass is 28.4. The normalized spacial score (nSPS) is 37.3. The molecule has 0 unspecified atom stereocenters. The summed E-state index contributed by atoms with van der Waals surface area (Å²) < 4.78 is 14.2. The summed E-state index contributed by atoms with van der Waals surface area (Å²) in [6, 6.07) is 10.8. The van der Waals surface area contributed by atoms with Gasteiger partial charge in [0.25, 0.3) is 0 Å². The van der Waals surface area contributed by atoms with Gasteiger partial charge in [-0.25, -0.2) is 0 Å². The highest BCUT2D eigenvalue weighted by Crippen LogP contribution is 2.74. The van der Waals surface area contributed by atoms with Gasteiger partial charge in [0.2, 0.25) is 0 Å². The first-order chi connectivity index (χ1) is 19.4. The number of unbranched alkanes of at least 4 members (excludes halogenated alkanes) is 1. The van der Waals surface area contributed by atoms with Gasteiger partial charge in [-0.1, -0.05) is 76.3 Å². The molecule has 2 saturated carbocycles. The fraction of sp³-hybridized carbons (Fsp3) is 0.722. The zero-order valence-corrected chi connectivity index (χ0v) is 27.7. The van der Waals surface area contributed by atoms with Crippen LogP contribution in [0.1, 0.15) is 91.5 Å². The lowest BCUT2D eigenvalue weighted by Gasteiger charge is -2.38. The van der Waals surface area contributed by atoms with E-state index in [2.05, 4.69) is 89.3 Å². The van der Waals surface area contributed by atoms with E-state index < -0.39 is 13.9 Å². The third kappa shape index (κ3) is 5.48. The van der Waals surface area contributed by atoms with Crippen LogP contribution >= 0.6 is 0 Å². The molecule has 1 aromatic carbocycles. The largest absolute Gasteiger partial charge is 0.414 e. The number of benzene rings is 1. The number of hydrogen-bond acceptors (Lipinski definition) is 4. The van der Waals surface area contributed by atoms with Crippen molar-refractivity contribution in [2.24, 2.45) is 29.6 Å². The Morgan fingerprint density at radius 1 is 1.15 bits per heavy atom. The van der Waals surface area contributed by atoms with E-state index in [0.717, 1.165) is 51.4 Å². The second-order valence-electron chi connectivity index (χ2n) is 15.2. The van der Waals surface area contributed by atoms with Crippen LogP contribution in [0.4, 0.5) is 0 Å². The van der Waals surface area contributed by atoms with Crippen LogP contribution in [0.3, 0.4) is 0 Å². The molecule has 5 heteroatoms. The Hall–Kier alpha value is -1.24. The molecule has 228 valence electrons. The number of hydrogen-bond donors (Lipinski definition) is 2. The molecule has 0 amide bonds. The molecule has 1 aliphatic heterocycles. The Labute approximate surface area is 250 Å². The summed E-state index contributed by atoms with van der Waals surface area (Å²) in [5.41, 5.74) is 1.82. The molecule has 1 spiro atoms. The Balaban J connectivity index is 1.42. The van der Waals surface area contributed by atoms with Gasteiger partial charge >= 0.3 is 0 Å². The van der Waals surface area contributed by atoms with Crippen molar-refractivity contribution >= 4 is 8.32 Å². The van der Waals surface area contributed by atoms with E-state index in [9.17, 15) is 10.2 Å². The average molecular weight is 581 g/mol. The van der Waals surface area contributed by atoms with Crippen LogP contribution in [-0.2, 0) is 14.8 Å². The lowest BCUT2D eigenvalue weighted by atomic mass is 9.71. The SMILES string of the molecule is CC[C@H](O)CCC/C=C(\C)[C@@]1(c2ccccc2)O[C@]12C[C@@H]1[C@@H](C=C[C@@H]3C[C@@H](O[Si](C)(C)C(C)(C)C)C[C@@H]13)[C@@H]2CCO. The Kier molecular flexibility index (Phi) is 8.89. The average Bonchev–Trinajstić information content (AvgIpc) is 3.26. The first kappa shape index (κ1) is 31.2. The summed E-state index contributed by atoms with van der Waals surface area (Å²) >= 11 is 0. The molecule has 4 aliphatic rings. The minimum atomic E-state index is -1.82. The van der Waals surface area contributed by atoms with Crippen LogP contribution < -0.4 is 0 Å². The van der Waals surface area contributed by atoms with Gasteiger partial charge in [-0.05, 0) is 111 Å². The van der Waals surface area contributed by atoms with Gasteiger partial charge in [0.1, 0.15) is 11.2 Å². The van der Waals surface area contributed by atoms with Gasteiger partial charge in [0, 0.05) is 18.6 Å². The predicted molar refractivity (Wildman–Crippen MR) is 170 cm³/mol. The van der Waals surface area contributed by atoms with Gasteiger partial charge in [-0.3, -0.25) is 0 Å². The lowest BCUT2D eigenvalue weighted by Crippen LogP contribution is -2.43. The molecule has 0 bridgehead atoms. The van der Waals surface area contributed by atoms with Crippen LogP contribution in [-0.4, -0.2) is 42.9 Å². The van der Waals surface area contributed by atoms with Crippen molar-refractivity contribution in [3.63, 3.8) is 0 Å².